The second kappa shape index (κ2) is 6.42. The molecular formula is C19H22ClN3O4. The highest BCUT2D eigenvalue weighted by molar-refractivity contribution is 6.38. The lowest BCUT2D eigenvalue weighted by molar-refractivity contribution is 0.0695. The van der Waals surface area contributed by atoms with E-state index in [0.717, 1.165) is 25.7 Å². The average Bonchev–Trinajstić information content (AvgIpc) is 3.43. The summed E-state index contributed by atoms with van der Waals surface area (Å²) in [6.45, 7) is 2.61. The first-order valence-electron chi connectivity index (χ1n) is 9.15. The van der Waals surface area contributed by atoms with E-state index >= 15 is 0 Å². The summed E-state index contributed by atoms with van der Waals surface area (Å²) in [6, 6.07) is 1.58. The van der Waals surface area contributed by atoms with Gasteiger partial charge >= 0.3 is 5.97 Å². The molecular weight excluding hydrogens is 370 g/mol. The average molecular weight is 392 g/mol. The van der Waals surface area contributed by atoms with Crippen LogP contribution in [-0.2, 0) is 0 Å². The summed E-state index contributed by atoms with van der Waals surface area (Å²) in [7, 11) is 0. The van der Waals surface area contributed by atoms with Crippen molar-refractivity contribution >= 4 is 34.2 Å². The molecule has 0 spiro atoms. The number of phenolic OH excluding ortho intramolecular Hbond substituents is 1. The van der Waals surface area contributed by atoms with Crippen molar-refractivity contribution < 1.29 is 15.0 Å². The Morgan fingerprint density at radius 2 is 2.00 bits per heavy atom. The Bertz CT molecular complexity index is 999. The van der Waals surface area contributed by atoms with Gasteiger partial charge < -0.3 is 25.4 Å². The number of carboxylic acid groups (broad SMARTS) is 1. The molecule has 2 atom stereocenters. The second-order valence-corrected chi connectivity index (χ2v) is 7.99. The van der Waals surface area contributed by atoms with E-state index in [2.05, 4.69) is 0 Å². The van der Waals surface area contributed by atoms with Crippen molar-refractivity contribution in [3.05, 3.63) is 33.1 Å². The summed E-state index contributed by atoms with van der Waals surface area (Å²) in [5.74, 6) is -1.41. The van der Waals surface area contributed by atoms with Gasteiger partial charge in [-0.05, 0) is 38.7 Å². The molecule has 1 saturated heterocycles. The zero-order valence-electron chi connectivity index (χ0n) is 15.0. The van der Waals surface area contributed by atoms with Crippen LogP contribution in [0.4, 0.5) is 5.69 Å². The molecule has 4 rings (SSSR count). The topological polar surface area (TPSA) is 109 Å². The van der Waals surface area contributed by atoms with Gasteiger partial charge in [-0.15, -0.1) is 0 Å². The van der Waals surface area contributed by atoms with Crippen LogP contribution in [0.1, 0.15) is 49.0 Å². The SMILES string of the molecule is CC1CC[C@H](N)CN1c1c(O)cc2c(=O)c(C(=O)O)cn(C3CC3)c2c1Cl. The van der Waals surface area contributed by atoms with Gasteiger partial charge in [0.15, 0.2) is 0 Å². The molecule has 27 heavy (non-hydrogen) atoms. The van der Waals surface area contributed by atoms with Gasteiger partial charge in [0.1, 0.15) is 17.0 Å². The summed E-state index contributed by atoms with van der Waals surface area (Å²) >= 11 is 6.72. The largest absolute Gasteiger partial charge is 0.506 e. The van der Waals surface area contributed by atoms with Gasteiger partial charge in [0, 0.05) is 30.9 Å². The van der Waals surface area contributed by atoms with Crippen molar-refractivity contribution in [2.75, 3.05) is 11.4 Å². The molecule has 0 bridgehead atoms. The number of aromatic nitrogens is 1. The maximum atomic E-state index is 12.7. The van der Waals surface area contributed by atoms with Crippen LogP contribution in [0.25, 0.3) is 10.9 Å². The van der Waals surface area contributed by atoms with E-state index in [1.165, 1.54) is 12.3 Å². The molecule has 2 fully saturated rings. The Balaban J connectivity index is 2.01. The van der Waals surface area contributed by atoms with Gasteiger partial charge in [0.05, 0.1) is 15.9 Å². The number of pyridine rings is 1. The molecule has 7 nitrogen and oxygen atoms in total. The Hall–Kier alpha value is -2.25. The van der Waals surface area contributed by atoms with Crippen molar-refractivity contribution in [2.24, 2.45) is 5.73 Å². The van der Waals surface area contributed by atoms with E-state index < -0.39 is 11.4 Å². The minimum atomic E-state index is -1.29. The van der Waals surface area contributed by atoms with Gasteiger partial charge in [0.25, 0.3) is 0 Å². The molecule has 1 aromatic heterocycles. The first-order chi connectivity index (χ1) is 12.8. The summed E-state index contributed by atoms with van der Waals surface area (Å²) in [5.41, 5.74) is 6.11. The number of nitrogens with zero attached hydrogens (tertiary/aromatic N) is 2. The first-order valence-corrected chi connectivity index (χ1v) is 9.53. The number of nitrogens with two attached hydrogens (primary N) is 1. The fourth-order valence-corrected chi connectivity index (χ4v) is 4.37. The van der Waals surface area contributed by atoms with E-state index in [4.69, 9.17) is 17.3 Å². The van der Waals surface area contributed by atoms with Crippen LogP contribution in [0.2, 0.25) is 5.02 Å². The van der Waals surface area contributed by atoms with Crippen molar-refractivity contribution in [1.82, 2.24) is 4.57 Å². The summed E-state index contributed by atoms with van der Waals surface area (Å²) in [5, 5.41) is 20.5. The molecule has 1 saturated carbocycles. The lowest BCUT2D eigenvalue weighted by atomic mass is 9.98. The number of rotatable bonds is 3. The van der Waals surface area contributed by atoms with Gasteiger partial charge in [-0.1, -0.05) is 11.6 Å². The van der Waals surface area contributed by atoms with Crippen LogP contribution >= 0.6 is 11.6 Å². The Kier molecular flexibility index (Phi) is 4.31. The number of anilines is 1. The molecule has 8 heteroatoms. The monoisotopic (exact) mass is 391 g/mol. The number of carboxylic acids is 1. The minimum absolute atomic E-state index is 0.0209. The van der Waals surface area contributed by atoms with Crippen LogP contribution < -0.4 is 16.1 Å². The molecule has 2 heterocycles. The minimum Gasteiger partial charge on any atom is -0.506 e. The third-order valence-electron chi connectivity index (χ3n) is 5.59. The zero-order valence-corrected chi connectivity index (χ0v) is 15.7. The second-order valence-electron chi connectivity index (χ2n) is 7.61. The molecule has 4 N–H and O–H groups in total. The molecule has 0 amide bonds. The molecule has 2 aromatic rings. The maximum Gasteiger partial charge on any atom is 0.341 e. The summed E-state index contributed by atoms with van der Waals surface area (Å²) in [4.78, 5) is 26.2. The number of aromatic carboxylic acids is 1. The van der Waals surface area contributed by atoms with Crippen LogP contribution in [0.5, 0.6) is 5.75 Å². The van der Waals surface area contributed by atoms with Crippen molar-refractivity contribution in [2.45, 2.75) is 50.7 Å². The fourth-order valence-electron chi connectivity index (χ4n) is 3.96. The number of hydrogen-bond donors (Lipinski definition) is 3. The normalized spacial score (nSPS) is 23.0. The number of aromatic hydroxyl groups is 1. The smallest absolute Gasteiger partial charge is 0.341 e. The lowest BCUT2D eigenvalue weighted by Crippen LogP contribution is -2.47. The first kappa shape index (κ1) is 18.1. The fraction of sp³-hybridized carbons (Fsp3) is 0.474. The van der Waals surface area contributed by atoms with E-state index in [-0.39, 0.29) is 39.8 Å². The molecule has 1 aliphatic heterocycles. The maximum absolute atomic E-state index is 12.7. The van der Waals surface area contributed by atoms with Gasteiger partial charge in [-0.3, -0.25) is 4.79 Å². The predicted octanol–water partition coefficient (Wildman–Crippen LogP) is 2.71. The highest BCUT2D eigenvalue weighted by atomic mass is 35.5. The summed E-state index contributed by atoms with van der Waals surface area (Å²) < 4.78 is 1.78. The van der Waals surface area contributed by atoms with Crippen LogP contribution in [0.3, 0.4) is 0 Å². The van der Waals surface area contributed by atoms with E-state index in [1.54, 1.807) is 4.57 Å². The molecule has 0 radical (unpaired) electrons. The molecule has 144 valence electrons. The number of hydrogen-bond acceptors (Lipinski definition) is 5. The van der Waals surface area contributed by atoms with E-state index in [9.17, 15) is 19.8 Å². The number of fused-ring (bicyclic) bond motifs is 1. The van der Waals surface area contributed by atoms with Crippen LogP contribution in [-0.4, -0.2) is 39.4 Å². The third kappa shape index (κ3) is 2.95. The zero-order chi connectivity index (χ0) is 19.5. The van der Waals surface area contributed by atoms with Crippen LogP contribution in [0, 0.1) is 0 Å². The number of piperidine rings is 1. The third-order valence-corrected chi connectivity index (χ3v) is 5.94. The molecule has 2 aliphatic rings. The number of carbonyl (C=O) groups is 1. The standard InChI is InChI=1S/C19H22ClN3O4/c1-9-2-3-10(21)7-22(9)17-14(24)6-12-16(15(17)20)23(11-4-5-11)8-13(18(12)25)19(26)27/h6,8-11,24H,2-5,7,21H2,1H3,(H,26,27)/t9?,10-/m0/s1. The van der Waals surface area contributed by atoms with Crippen molar-refractivity contribution in [1.29, 1.82) is 0 Å². The molecule has 1 aliphatic carbocycles. The summed E-state index contributed by atoms with van der Waals surface area (Å²) in [6.07, 6.45) is 4.95. The Morgan fingerprint density at radius 1 is 1.30 bits per heavy atom. The Morgan fingerprint density at radius 3 is 2.63 bits per heavy atom. The highest BCUT2D eigenvalue weighted by Crippen LogP contribution is 2.45. The van der Waals surface area contributed by atoms with Crippen molar-refractivity contribution in [3.8, 4) is 5.75 Å². The number of benzene rings is 1. The van der Waals surface area contributed by atoms with Crippen LogP contribution in [0.15, 0.2) is 17.1 Å². The lowest BCUT2D eigenvalue weighted by Gasteiger charge is -2.39. The molecule has 1 unspecified atom stereocenters. The van der Waals surface area contributed by atoms with E-state index in [1.807, 2.05) is 11.8 Å². The highest BCUT2D eigenvalue weighted by Gasteiger charge is 2.32. The van der Waals surface area contributed by atoms with Gasteiger partial charge in [-0.2, -0.15) is 0 Å². The van der Waals surface area contributed by atoms with Gasteiger partial charge in [0.2, 0.25) is 5.43 Å². The van der Waals surface area contributed by atoms with E-state index in [0.29, 0.717) is 17.7 Å². The molecule has 1 aromatic carbocycles. The predicted molar refractivity (Wildman–Crippen MR) is 104 cm³/mol. The van der Waals surface area contributed by atoms with Gasteiger partial charge in [-0.25, -0.2) is 4.79 Å². The number of phenols is 1. The van der Waals surface area contributed by atoms with Crippen molar-refractivity contribution in [3.63, 3.8) is 0 Å². The quantitative estimate of drug-likeness (QED) is 0.742. The Labute approximate surface area is 160 Å². The number of halogens is 1.